The van der Waals surface area contributed by atoms with Crippen molar-refractivity contribution in [3.63, 3.8) is 0 Å². The Kier molecular flexibility index (Phi) is 5.40. The zero-order valence-electron chi connectivity index (χ0n) is 20.8. The summed E-state index contributed by atoms with van der Waals surface area (Å²) in [7, 11) is 2.19. The van der Waals surface area contributed by atoms with E-state index in [1.54, 1.807) is 6.20 Å². The Labute approximate surface area is 205 Å². The zero-order chi connectivity index (χ0) is 24.2. The summed E-state index contributed by atoms with van der Waals surface area (Å²) in [5, 5.41) is 7.29. The van der Waals surface area contributed by atoms with E-state index < -0.39 is 0 Å². The molecule has 1 saturated carbocycles. The molecule has 3 aliphatic rings. The first-order valence-electron chi connectivity index (χ1n) is 12.8. The van der Waals surface area contributed by atoms with Crippen molar-refractivity contribution in [2.24, 2.45) is 0 Å². The number of carbonyl (C=O) groups excluding carboxylic acids is 1. The first-order chi connectivity index (χ1) is 16.9. The van der Waals surface area contributed by atoms with E-state index in [0.717, 1.165) is 42.7 Å². The smallest absolute Gasteiger partial charge is 0.268 e. The number of amides is 1. The van der Waals surface area contributed by atoms with Gasteiger partial charge in [-0.25, -0.2) is 9.97 Å². The van der Waals surface area contributed by atoms with Gasteiger partial charge in [0.05, 0.1) is 17.4 Å². The first-order valence-corrected chi connectivity index (χ1v) is 12.8. The SMILES string of the molecule is CC1CN(c2ccc(Nc3ncc4cc5n(c4n3)C3(CCCCC3)CNC5=O)nc2)CC(C)N1C. The number of aromatic nitrogens is 4. The van der Waals surface area contributed by atoms with Crippen molar-refractivity contribution in [3.8, 4) is 0 Å². The van der Waals surface area contributed by atoms with E-state index in [1.807, 2.05) is 18.3 Å². The van der Waals surface area contributed by atoms with Crippen molar-refractivity contribution in [3.05, 3.63) is 36.3 Å². The molecule has 2 N–H and O–H groups in total. The quantitative estimate of drug-likeness (QED) is 0.600. The lowest BCUT2D eigenvalue weighted by molar-refractivity contribution is 0.0833. The van der Waals surface area contributed by atoms with Gasteiger partial charge in [0.25, 0.3) is 5.91 Å². The van der Waals surface area contributed by atoms with E-state index in [4.69, 9.17) is 4.98 Å². The topological polar surface area (TPSA) is 91.2 Å². The monoisotopic (exact) mass is 474 g/mol. The fourth-order valence-electron chi connectivity index (χ4n) is 6.10. The van der Waals surface area contributed by atoms with E-state index >= 15 is 0 Å². The summed E-state index contributed by atoms with van der Waals surface area (Å²) in [4.78, 5) is 31.5. The van der Waals surface area contributed by atoms with Gasteiger partial charge in [0, 0.05) is 43.3 Å². The average Bonchev–Trinajstić information content (AvgIpc) is 3.26. The van der Waals surface area contributed by atoms with Crippen molar-refractivity contribution in [2.45, 2.75) is 63.6 Å². The summed E-state index contributed by atoms with van der Waals surface area (Å²) in [6.45, 7) is 7.18. The second-order valence-corrected chi connectivity index (χ2v) is 10.6. The molecule has 35 heavy (non-hydrogen) atoms. The molecule has 1 amide bonds. The van der Waals surface area contributed by atoms with Crippen LogP contribution in [0.5, 0.6) is 0 Å². The van der Waals surface area contributed by atoms with Crippen molar-refractivity contribution in [1.82, 2.24) is 29.7 Å². The Bertz CT molecular complexity index is 1230. The predicted molar refractivity (Wildman–Crippen MR) is 137 cm³/mol. The molecule has 1 spiro atoms. The van der Waals surface area contributed by atoms with Gasteiger partial charge >= 0.3 is 0 Å². The first kappa shape index (κ1) is 22.3. The highest BCUT2D eigenvalue weighted by molar-refractivity contribution is 5.99. The average molecular weight is 475 g/mol. The van der Waals surface area contributed by atoms with Crippen LogP contribution in [0.2, 0.25) is 0 Å². The maximum absolute atomic E-state index is 12.7. The predicted octanol–water partition coefficient (Wildman–Crippen LogP) is 3.50. The van der Waals surface area contributed by atoms with Gasteiger partial charge < -0.3 is 20.1 Å². The number of nitrogens with one attached hydrogen (secondary N) is 2. The van der Waals surface area contributed by atoms with Crippen LogP contribution < -0.4 is 15.5 Å². The van der Waals surface area contributed by atoms with Crippen molar-refractivity contribution in [1.29, 1.82) is 0 Å². The Hall–Kier alpha value is -3.20. The maximum atomic E-state index is 12.7. The fraction of sp³-hybridized carbons (Fsp3) is 0.538. The molecule has 3 aromatic heterocycles. The van der Waals surface area contributed by atoms with Crippen LogP contribution in [-0.4, -0.2) is 69.1 Å². The minimum atomic E-state index is -0.0917. The van der Waals surface area contributed by atoms with Crippen LogP contribution in [-0.2, 0) is 5.54 Å². The van der Waals surface area contributed by atoms with Crippen LogP contribution in [0.1, 0.15) is 56.4 Å². The zero-order valence-corrected chi connectivity index (χ0v) is 20.8. The van der Waals surface area contributed by atoms with Gasteiger partial charge in [-0.1, -0.05) is 19.3 Å². The highest BCUT2D eigenvalue weighted by atomic mass is 16.2. The molecule has 184 valence electrons. The lowest BCUT2D eigenvalue weighted by atomic mass is 9.80. The molecular formula is C26H34N8O. The van der Waals surface area contributed by atoms with Gasteiger partial charge in [0.1, 0.15) is 17.2 Å². The van der Waals surface area contributed by atoms with Crippen molar-refractivity contribution >= 4 is 34.4 Å². The molecule has 6 rings (SSSR count). The number of piperazine rings is 1. The lowest BCUT2D eigenvalue weighted by Crippen LogP contribution is -2.55. The van der Waals surface area contributed by atoms with Crippen LogP contribution in [0.3, 0.4) is 0 Å². The minimum Gasteiger partial charge on any atom is -0.367 e. The maximum Gasteiger partial charge on any atom is 0.268 e. The van der Waals surface area contributed by atoms with E-state index in [1.165, 1.54) is 19.3 Å². The van der Waals surface area contributed by atoms with Gasteiger partial charge in [-0.3, -0.25) is 9.69 Å². The molecule has 2 fully saturated rings. The molecule has 0 radical (unpaired) electrons. The summed E-state index contributed by atoms with van der Waals surface area (Å²) >= 11 is 0. The molecule has 3 aromatic rings. The number of pyridine rings is 1. The van der Waals surface area contributed by atoms with E-state index in [-0.39, 0.29) is 11.4 Å². The summed E-state index contributed by atoms with van der Waals surface area (Å²) in [5.74, 6) is 1.18. The van der Waals surface area contributed by atoms with Gasteiger partial charge in [0.15, 0.2) is 0 Å². The summed E-state index contributed by atoms with van der Waals surface area (Å²) in [6, 6.07) is 7.02. The fourth-order valence-corrected chi connectivity index (χ4v) is 6.10. The number of nitrogens with zero attached hydrogens (tertiary/aromatic N) is 6. The third kappa shape index (κ3) is 3.82. The molecule has 5 heterocycles. The molecule has 9 heteroatoms. The molecule has 0 aromatic carbocycles. The molecule has 0 bridgehead atoms. The Morgan fingerprint density at radius 1 is 1.06 bits per heavy atom. The lowest BCUT2D eigenvalue weighted by Gasteiger charge is -2.43. The molecule has 2 aliphatic heterocycles. The highest BCUT2D eigenvalue weighted by Gasteiger charge is 2.41. The summed E-state index contributed by atoms with van der Waals surface area (Å²) < 4.78 is 2.19. The van der Waals surface area contributed by atoms with Crippen molar-refractivity contribution in [2.75, 3.05) is 36.9 Å². The summed E-state index contributed by atoms with van der Waals surface area (Å²) in [5.41, 5.74) is 2.56. The van der Waals surface area contributed by atoms with Gasteiger partial charge in [-0.05, 0) is 51.9 Å². The Morgan fingerprint density at radius 2 is 1.83 bits per heavy atom. The number of hydrogen-bond donors (Lipinski definition) is 2. The number of hydrogen-bond acceptors (Lipinski definition) is 7. The molecule has 1 saturated heterocycles. The van der Waals surface area contributed by atoms with Gasteiger partial charge in [0.2, 0.25) is 5.95 Å². The van der Waals surface area contributed by atoms with E-state index in [2.05, 4.69) is 61.9 Å². The summed E-state index contributed by atoms with van der Waals surface area (Å²) in [6.07, 6.45) is 9.44. The third-order valence-electron chi connectivity index (χ3n) is 8.32. The highest BCUT2D eigenvalue weighted by Crippen LogP contribution is 2.40. The van der Waals surface area contributed by atoms with Crippen molar-refractivity contribution < 1.29 is 4.79 Å². The van der Waals surface area contributed by atoms with E-state index in [0.29, 0.717) is 36.1 Å². The number of likely N-dealkylation sites (N-methyl/N-ethyl adjacent to an activating group) is 1. The third-order valence-corrected chi connectivity index (χ3v) is 8.32. The number of fused-ring (bicyclic) bond motifs is 4. The number of rotatable bonds is 3. The second-order valence-electron chi connectivity index (χ2n) is 10.6. The second kappa shape index (κ2) is 8.48. The van der Waals surface area contributed by atoms with Crippen LogP contribution in [0.4, 0.5) is 17.5 Å². The molecule has 2 unspecified atom stereocenters. The van der Waals surface area contributed by atoms with Gasteiger partial charge in [-0.2, -0.15) is 4.98 Å². The Morgan fingerprint density at radius 3 is 2.54 bits per heavy atom. The van der Waals surface area contributed by atoms with Gasteiger partial charge in [-0.15, -0.1) is 0 Å². The van der Waals surface area contributed by atoms with Crippen LogP contribution in [0.15, 0.2) is 30.6 Å². The largest absolute Gasteiger partial charge is 0.367 e. The van der Waals surface area contributed by atoms with Crippen LogP contribution in [0.25, 0.3) is 11.0 Å². The number of anilines is 3. The molecule has 2 atom stereocenters. The standard InChI is InChI=1S/C26H34N8O/c1-17-14-33(15-18(2)32(17)3)20-7-8-22(27-13-20)30-25-28-12-19-11-21-24(35)29-16-26(9-5-4-6-10-26)34(21)23(19)31-25/h7-8,11-13,17-18H,4-6,9-10,14-16H2,1-3H3,(H,29,35)(H,27,28,30,31). The van der Waals surface area contributed by atoms with E-state index in [9.17, 15) is 4.79 Å². The molecule has 9 nitrogen and oxygen atoms in total. The van der Waals surface area contributed by atoms with Crippen LogP contribution in [0, 0.1) is 0 Å². The molecule has 1 aliphatic carbocycles. The molecular weight excluding hydrogens is 440 g/mol. The normalized spacial score (nSPS) is 24.4. The van der Waals surface area contributed by atoms with Crippen LogP contribution >= 0.6 is 0 Å². The minimum absolute atomic E-state index is 0.0292. The Balaban J connectivity index is 1.27. The number of carbonyl (C=O) groups is 1.